The molecule has 1 amide bonds. The number of rotatable bonds is 6. The van der Waals surface area contributed by atoms with Gasteiger partial charge >= 0.3 is 0 Å². The topological polar surface area (TPSA) is 63.5 Å². The van der Waals surface area contributed by atoms with E-state index in [1.807, 2.05) is 19.1 Å². The third-order valence-electron chi connectivity index (χ3n) is 3.23. The van der Waals surface area contributed by atoms with E-state index >= 15 is 0 Å². The van der Waals surface area contributed by atoms with Crippen molar-refractivity contribution >= 4 is 5.91 Å². The lowest BCUT2D eigenvalue weighted by molar-refractivity contribution is -0.128. The van der Waals surface area contributed by atoms with E-state index in [0.29, 0.717) is 6.42 Å². The predicted molar refractivity (Wildman–Crippen MR) is 71.9 cm³/mol. The Balaban J connectivity index is 1.63. The maximum absolute atomic E-state index is 11.7. The Hall–Kier alpha value is -1.33. The molecule has 2 rings (SSSR count). The molecule has 1 aliphatic heterocycles. The van der Waals surface area contributed by atoms with Crippen LogP contribution in [0.3, 0.4) is 0 Å². The standard InChI is InChI=1S/C14H22N2O3/c1-11(9-13-3-2-8-18-13)16-14(17)10-19-12-4-6-15-7-5-12/h2-3,8,11-12,15H,4-7,9-10H2,1H3,(H,16,17). The fourth-order valence-electron chi connectivity index (χ4n) is 2.25. The first-order chi connectivity index (χ1) is 9.24. The van der Waals surface area contributed by atoms with Crippen LogP contribution in [-0.2, 0) is 16.0 Å². The minimum Gasteiger partial charge on any atom is -0.469 e. The van der Waals surface area contributed by atoms with Crippen molar-refractivity contribution in [2.75, 3.05) is 19.7 Å². The summed E-state index contributed by atoms with van der Waals surface area (Å²) < 4.78 is 10.9. The number of hydrogen-bond donors (Lipinski definition) is 2. The first-order valence-electron chi connectivity index (χ1n) is 6.88. The van der Waals surface area contributed by atoms with E-state index in [9.17, 15) is 4.79 Å². The number of piperidine rings is 1. The summed E-state index contributed by atoms with van der Waals surface area (Å²) in [5, 5.41) is 6.19. The molecule has 1 saturated heterocycles. The van der Waals surface area contributed by atoms with Gasteiger partial charge in [-0.1, -0.05) is 0 Å². The summed E-state index contributed by atoms with van der Waals surface area (Å²) in [4.78, 5) is 11.7. The highest BCUT2D eigenvalue weighted by atomic mass is 16.5. The fraction of sp³-hybridized carbons (Fsp3) is 0.643. The van der Waals surface area contributed by atoms with Crippen LogP contribution in [0, 0.1) is 0 Å². The smallest absolute Gasteiger partial charge is 0.246 e. The maximum atomic E-state index is 11.7. The number of carbonyl (C=O) groups is 1. The van der Waals surface area contributed by atoms with Gasteiger partial charge in [0.25, 0.3) is 0 Å². The number of nitrogens with one attached hydrogen (secondary N) is 2. The molecule has 1 aromatic rings. The zero-order chi connectivity index (χ0) is 13.5. The van der Waals surface area contributed by atoms with Crippen molar-refractivity contribution in [3.8, 4) is 0 Å². The van der Waals surface area contributed by atoms with Gasteiger partial charge in [0.15, 0.2) is 0 Å². The summed E-state index contributed by atoms with van der Waals surface area (Å²) in [6, 6.07) is 3.81. The molecule has 1 aliphatic rings. The second-order valence-electron chi connectivity index (χ2n) is 5.01. The Morgan fingerprint density at radius 3 is 3.05 bits per heavy atom. The molecule has 5 heteroatoms. The molecule has 106 valence electrons. The molecule has 1 aromatic heterocycles. The van der Waals surface area contributed by atoms with Gasteiger partial charge < -0.3 is 19.8 Å². The van der Waals surface area contributed by atoms with Gasteiger partial charge in [-0.3, -0.25) is 4.79 Å². The van der Waals surface area contributed by atoms with E-state index in [-0.39, 0.29) is 24.7 Å². The van der Waals surface area contributed by atoms with Crippen LogP contribution < -0.4 is 10.6 Å². The minimum atomic E-state index is -0.0578. The Kier molecular flexibility index (Phi) is 5.42. The monoisotopic (exact) mass is 266 g/mol. The molecule has 2 heterocycles. The third kappa shape index (κ3) is 5.04. The molecule has 5 nitrogen and oxygen atoms in total. The van der Waals surface area contributed by atoms with Gasteiger partial charge in [-0.2, -0.15) is 0 Å². The molecule has 2 N–H and O–H groups in total. The highest BCUT2D eigenvalue weighted by Gasteiger charge is 2.16. The van der Waals surface area contributed by atoms with E-state index in [2.05, 4.69) is 10.6 Å². The molecule has 0 spiro atoms. The summed E-state index contributed by atoms with van der Waals surface area (Å²) in [5.74, 6) is 0.824. The largest absolute Gasteiger partial charge is 0.469 e. The number of carbonyl (C=O) groups excluding carboxylic acids is 1. The van der Waals surface area contributed by atoms with Crippen molar-refractivity contribution in [2.45, 2.75) is 38.3 Å². The average molecular weight is 266 g/mol. The van der Waals surface area contributed by atoms with Gasteiger partial charge in [0.2, 0.25) is 5.91 Å². The average Bonchev–Trinajstić information content (AvgIpc) is 2.90. The first kappa shape index (κ1) is 14.1. The van der Waals surface area contributed by atoms with Crippen LogP contribution in [0.15, 0.2) is 22.8 Å². The van der Waals surface area contributed by atoms with E-state index in [0.717, 1.165) is 31.7 Å². The van der Waals surface area contributed by atoms with Crippen LogP contribution in [0.2, 0.25) is 0 Å². The van der Waals surface area contributed by atoms with E-state index in [1.165, 1.54) is 0 Å². The van der Waals surface area contributed by atoms with Gasteiger partial charge in [0.05, 0.1) is 12.4 Å². The Bertz CT molecular complexity index is 372. The van der Waals surface area contributed by atoms with Crippen molar-refractivity contribution in [3.05, 3.63) is 24.2 Å². The number of ether oxygens (including phenoxy) is 1. The third-order valence-corrected chi connectivity index (χ3v) is 3.23. The van der Waals surface area contributed by atoms with Gasteiger partial charge in [-0.05, 0) is 45.0 Å². The lowest BCUT2D eigenvalue weighted by Gasteiger charge is -2.23. The van der Waals surface area contributed by atoms with Crippen LogP contribution in [0.5, 0.6) is 0 Å². The second-order valence-corrected chi connectivity index (χ2v) is 5.01. The van der Waals surface area contributed by atoms with Crippen LogP contribution in [0.25, 0.3) is 0 Å². The predicted octanol–water partition coefficient (Wildman–Crippen LogP) is 1.10. The van der Waals surface area contributed by atoms with Crippen LogP contribution >= 0.6 is 0 Å². The Morgan fingerprint density at radius 1 is 1.58 bits per heavy atom. The molecule has 1 fully saturated rings. The molecular formula is C14H22N2O3. The van der Waals surface area contributed by atoms with Gasteiger partial charge in [0, 0.05) is 12.5 Å². The van der Waals surface area contributed by atoms with Crippen LogP contribution in [0.4, 0.5) is 0 Å². The molecule has 0 radical (unpaired) electrons. The van der Waals surface area contributed by atoms with Gasteiger partial charge in [0.1, 0.15) is 12.4 Å². The molecule has 0 aliphatic carbocycles. The second kappa shape index (κ2) is 7.31. The summed E-state index contributed by atoms with van der Waals surface area (Å²) in [5.41, 5.74) is 0. The lowest BCUT2D eigenvalue weighted by Crippen LogP contribution is -2.39. The Morgan fingerprint density at radius 2 is 2.37 bits per heavy atom. The highest BCUT2D eigenvalue weighted by Crippen LogP contribution is 2.07. The summed E-state index contributed by atoms with van der Waals surface area (Å²) >= 11 is 0. The molecule has 0 bridgehead atoms. The molecule has 0 saturated carbocycles. The number of furan rings is 1. The molecule has 0 aromatic carbocycles. The van der Waals surface area contributed by atoms with Crippen molar-refractivity contribution in [2.24, 2.45) is 0 Å². The number of amides is 1. The minimum absolute atomic E-state index is 0.0512. The fourth-order valence-corrected chi connectivity index (χ4v) is 2.25. The van der Waals surface area contributed by atoms with Crippen LogP contribution in [0.1, 0.15) is 25.5 Å². The van der Waals surface area contributed by atoms with Crippen molar-refractivity contribution in [1.82, 2.24) is 10.6 Å². The molecular weight excluding hydrogens is 244 g/mol. The Labute approximate surface area is 113 Å². The summed E-state index contributed by atoms with van der Waals surface area (Å²) in [7, 11) is 0. The molecule has 19 heavy (non-hydrogen) atoms. The van der Waals surface area contributed by atoms with Crippen molar-refractivity contribution in [3.63, 3.8) is 0 Å². The normalized spacial score (nSPS) is 18.2. The van der Waals surface area contributed by atoms with E-state index < -0.39 is 0 Å². The SMILES string of the molecule is CC(Cc1ccco1)NC(=O)COC1CCNCC1. The van der Waals surface area contributed by atoms with E-state index in [1.54, 1.807) is 6.26 Å². The van der Waals surface area contributed by atoms with Crippen molar-refractivity contribution in [1.29, 1.82) is 0 Å². The van der Waals surface area contributed by atoms with Crippen molar-refractivity contribution < 1.29 is 13.9 Å². The lowest BCUT2D eigenvalue weighted by atomic mass is 10.1. The maximum Gasteiger partial charge on any atom is 0.246 e. The van der Waals surface area contributed by atoms with E-state index in [4.69, 9.17) is 9.15 Å². The first-order valence-corrected chi connectivity index (χ1v) is 6.88. The van der Waals surface area contributed by atoms with Crippen LogP contribution in [-0.4, -0.2) is 37.7 Å². The summed E-state index contributed by atoms with van der Waals surface area (Å²) in [6.45, 7) is 4.06. The quantitative estimate of drug-likeness (QED) is 0.809. The summed E-state index contributed by atoms with van der Waals surface area (Å²) in [6.07, 6.45) is 4.52. The van der Waals surface area contributed by atoms with Gasteiger partial charge in [-0.25, -0.2) is 0 Å². The zero-order valence-corrected chi connectivity index (χ0v) is 11.4. The molecule has 1 unspecified atom stereocenters. The molecule has 1 atom stereocenters. The highest BCUT2D eigenvalue weighted by molar-refractivity contribution is 5.77. The zero-order valence-electron chi connectivity index (χ0n) is 11.4. The number of hydrogen-bond acceptors (Lipinski definition) is 4. The van der Waals surface area contributed by atoms with Gasteiger partial charge in [-0.15, -0.1) is 0 Å².